The number of ether oxygens (including phenoxy) is 1. The molecule has 1 saturated carbocycles. The molecule has 0 amide bonds. The summed E-state index contributed by atoms with van der Waals surface area (Å²) in [7, 11) is 0. The van der Waals surface area contributed by atoms with Gasteiger partial charge in [0.25, 0.3) is 0 Å². The van der Waals surface area contributed by atoms with Crippen LogP contribution in [-0.4, -0.2) is 6.61 Å². The van der Waals surface area contributed by atoms with E-state index in [-0.39, 0.29) is 0 Å². The molecule has 3 nitrogen and oxygen atoms in total. The highest BCUT2D eigenvalue weighted by molar-refractivity contribution is 5.60. The fourth-order valence-corrected chi connectivity index (χ4v) is 1.62. The van der Waals surface area contributed by atoms with Gasteiger partial charge in [0.1, 0.15) is 17.4 Å². The number of nitrogens with two attached hydrogens (primary N) is 1. The van der Waals surface area contributed by atoms with Crippen molar-refractivity contribution in [3.05, 3.63) is 23.8 Å². The van der Waals surface area contributed by atoms with Crippen LogP contribution in [0.15, 0.2) is 18.2 Å². The van der Waals surface area contributed by atoms with Crippen molar-refractivity contribution < 1.29 is 4.74 Å². The summed E-state index contributed by atoms with van der Waals surface area (Å²) in [4.78, 5) is 0. The molecule has 0 bridgehead atoms. The maximum absolute atomic E-state index is 8.92. The van der Waals surface area contributed by atoms with Gasteiger partial charge < -0.3 is 10.5 Å². The second-order valence-corrected chi connectivity index (χ2v) is 4.12. The van der Waals surface area contributed by atoms with Crippen LogP contribution < -0.4 is 10.5 Å². The minimum Gasteiger partial charge on any atom is -0.492 e. The van der Waals surface area contributed by atoms with E-state index in [1.54, 1.807) is 12.1 Å². The van der Waals surface area contributed by atoms with Gasteiger partial charge in [-0.25, -0.2) is 0 Å². The summed E-state index contributed by atoms with van der Waals surface area (Å²) in [6.45, 7) is 2.90. The van der Waals surface area contributed by atoms with E-state index in [1.807, 2.05) is 6.07 Å². The van der Waals surface area contributed by atoms with Crippen molar-refractivity contribution in [1.82, 2.24) is 0 Å². The lowest BCUT2D eigenvalue weighted by molar-refractivity contribution is 0.293. The Morgan fingerprint density at radius 1 is 1.60 bits per heavy atom. The zero-order valence-electron chi connectivity index (χ0n) is 8.73. The zero-order chi connectivity index (χ0) is 10.8. The summed E-state index contributed by atoms with van der Waals surface area (Å²) in [6, 6.07) is 7.38. The number of nitrogen functional groups attached to an aromatic ring is 1. The number of nitrogens with zero attached hydrogens (tertiary/aromatic N) is 1. The van der Waals surface area contributed by atoms with E-state index >= 15 is 0 Å². The molecule has 1 aromatic carbocycles. The van der Waals surface area contributed by atoms with Crippen LogP contribution in [-0.2, 0) is 0 Å². The molecule has 0 spiro atoms. The lowest BCUT2D eigenvalue weighted by atomic mass is 10.2. The summed E-state index contributed by atoms with van der Waals surface area (Å²) >= 11 is 0. The van der Waals surface area contributed by atoms with E-state index in [4.69, 9.17) is 15.7 Å². The third-order valence-electron chi connectivity index (χ3n) is 2.90. The number of benzene rings is 1. The standard InChI is InChI=1S/C12H14N2O/c1-8-5-9(8)7-15-12-4-2-3-11(14)10(12)6-13/h2-4,8-9H,5,7,14H2,1H3/t8-,9+/m1/s1. The van der Waals surface area contributed by atoms with Crippen LogP contribution in [0.4, 0.5) is 5.69 Å². The predicted octanol–water partition coefficient (Wildman–Crippen LogP) is 2.18. The first kappa shape index (κ1) is 9.85. The molecule has 1 aromatic rings. The smallest absolute Gasteiger partial charge is 0.139 e. The number of hydrogen-bond donors (Lipinski definition) is 1. The molecular formula is C12H14N2O. The molecule has 1 fully saturated rings. The van der Waals surface area contributed by atoms with Gasteiger partial charge in [0.15, 0.2) is 0 Å². The van der Waals surface area contributed by atoms with E-state index in [9.17, 15) is 0 Å². The Bertz CT molecular complexity index is 409. The van der Waals surface area contributed by atoms with Gasteiger partial charge in [-0.05, 0) is 30.4 Å². The summed E-state index contributed by atoms with van der Waals surface area (Å²) in [5.41, 5.74) is 6.61. The average Bonchev–Trinajstić information content (AvgIpc) is 2.92. The monoisotopic (exact) mass is 202 g/mol. The quantitative estimate of drug-likeness (QED) is 0.764. The average molecular weight is 202 g/mol. The fourth-order valence-electron chi connectivity index (χ4n) is 1.62. The van der Waals surface area contributed by atoms with Gasteiger partial charge in [-0.15, -0.1) is 0 Å². The van der Waals surface area contributed by atoms with Gasteiger partial charge in [0.2, 0.25) is 0 Å². The molecule has 0 aromatic heterocycles. The number of nitriles is 1. The van der Waals surface area contributed by atoms with E-state index < -0.39 is 0 Å². The van der Waals surface area contributed by atoms with Gasteiger partial charge in [-0.3, -0.25) is 0 Å². The SMILES string of the molecule is C[C@@H]1C[C@H]1COc1cccc(N)c1C#N. The van der Waals surface area contributed by atoms with Crippen LogP contribution in [0, 0.1) is 23.2 Å². The van der Waals surface area contributed by atoms with Crippen molar-refractivity contribution in [2.75, 3.05) is 12.3 Å². The normalized spacial score (nSPS) is 23.2. The van der Waals surface area contributed by atoms with Crippen molar-refractivity contribution >= 4 is 5.69 Å². The maximum Gasteiger partial charge on any atom is 0.139 e. The van der Waals surface area contributed by atoms with Gasteiger partial charge in [0, 0.05) is 0 Å². The molecule has 0 saturated heterocycles. The van der Waals surface area contributed by atoms with E-state index in [0.717, 1.165) is 5.92 Å². The number of rotatable bonds is 3. The van der Waals surface area contributed by atoms with Crippen LogP contribution >= 0.6 is 0 Å². The molecule has 15 heavy (non-hydrogen) atoms. The highest BCUT2D eigenvalue weighted by Gasteiger charge is 2.33. The van der Waals surface area contributed by atoms with Crippen LogP contribution in [0.5, 0.6) is 5.75 Å². The van der Waals surface area contributed by atoms with Crippen LogP contribution in [0.3, 0.4) is 0 Å². The molecular weight excluding hydrogens is 188 g/mol. The minimum absolute atomic E-state index is 0.450. The third-order valence-corrected chi connectivity index (χ3v) is 2.90. The van der Waals surface area contributed by atoms with Crippen LogP contribution in [0.25, 0.3) is 0 Å². The topological polar surface area (TPSA) is 59.0 Å². The molecule has 2 rings (SSSR count). The fraction of sp³-hybridized carbons (Fsp3) is 0.417. The van der Waals surface area contributed by atoms with Crippen molar-refractivity contribution in [1.29, 1.82) is 5.26 Å². The molecule has 0 heterocycles. The van der Waals surface area contributed by atoms with Crippen LogP contribution in [0.1, 0.15) is 18.9 Å². The van der Waals surface area contributed by atoms with E-state index in [0.29, 0.717) is 29.5 Å². The number of hydrogen-bond acceptors (Lipinski definition) is 3. The van der Waals surface area contributed by atoms with Gasteiger partial charge in [-0.1, -0.05) is 13.0 Å². The molecule has 0 aliphatic heterocycles. The van der Waals surface area contributed by atoms with E-state index in [1.165, 1.54) is 6.42 Å². The summed E-state index contributed by atoms with van der Waals surface area (Å²) in [5.74, 6) is 2.02. The molecule has 0 unspecified atom stereocenters. The maximum atomic E-state index is 8.92. The van der Waals surface area contributed by atoms with Crippen molar-refractivity contribution in [3.8, 4) is 11.8 Å². The first-order valence-electron chi connectivity index (χ1n) is 5.13. The first-order valence-corrected chi connectivity index (χ1v) is 5.13. The molecule has 78 valence electrons. The largest absolute Gasteiger partial charge is 0.492 e. The summed E-state index contributed by atoms with van der Waals surface area (Å²) in [5, 5.41) is 8.92. The highest BCUT2D eigenvalue weighted by atomic mass is 16.5. The van der Waals surface area contributed by atoms with Gasteiger partial charge in [0.05, 0.1) is 12.3 Å². The van der Waals surface area contributed by atoms with Crippen molar-refractivity contribution in [2.45, 2.75) is 13.3 Å². The Hall–Kier alpha value is -1.69. The summed E-state index contributed by atoms with van der Waals surface area (Å²) < 4.78 is 5.60. The molecule has 0 radical (unpaired) electrons. The van der Waals surface area contributed by atoms with Gasteiger partial charge in [-0.2, -0.15) is 5.26 Å². The lowest BCUT2D eigenvalue weighted by Gasteiger charge is -2.08. The van der Waals surface area contributed by atoms with Crippen molar-refractivity contribution in [3.63, 3.8) is 0 Å². The molecule has 3 heteroatoms. The Morgan fingerprint density at radius 2 is 2.33 bits per heavy atom. The van der Waals surface area contributed by atoms with Crippen LogP contribution in [0.2, 0.25) is 0 Å². The third kappa shape index (κ3) is 2.04. The molecule has 1 aliphatic carbocycles. The Kier molecular flexibility index (Phi) is 2.51. The second-order valence-electron chi connectivity index (χ2n) is 4.12. The highest BCUT2D eigenvalue weighted by Crippen LogP contribution is 2.38. The molecule has 1 aliphatic rings. The molecule has 2 atom stereocenters. The Balaban J connectivity index is 2.07. The lowest BCUT2D eigenvalue weighted by Crippen LogP contribution is -2.03. The van der Waals surface area contributed by atoms with E-state index in [2.05, 4.69) is 13.0 Å². The predicted molar refractivity (Wildman–Crippen MR) is 58.3 cm³/mol. The summed E-state index contributed by atoms with van der Waals surface area (Å²) in [6.07, 6.45) is 1.23. The molecule has 2 N–H and O–H groups in total. The van der Waals surface area contributed by atoms with Gasteiger partial charge >= 0.3 is 0 Å². The minimum atomic E-state index is 0.450. The zero-order valence-corrected chi connectivity index (χ0v) is 8.73. The second kappa shape index (κ2) is 3.82. The number of anilines is 1. The Morgan fingerprint density at radius 3 is 2.93 bits per heavy atom. The Labute approximate surface area is 89.5 Å². The van der Waals surface area contributed by atoms with Crippen molar-refractivity contribution in [2.24, 2.45) is 11.8 Å². The first-order chi connectivity index (χ1) is 7.22.